The van der Waals surface area contributed by atoms with Gasteiger partial charge in [-0.15, -0.1) is 12.4 Å². The van der Waals surface area contributed by atoms with Gasteiger partial charge in [0.25, 0.3) is 0 Å². The molecule has 1 saturated carbocycles. The number of phenolic OH excluding ortho intramolecular Hbond substituents is 1. The van der Waals surface area contributed by atoms with Gasteiger partial charge < -0.3 is 15.9 Å². The first-order valence-corrected chi connectivity index (χ1v) is 7.28. The normalized spacial score (nSPS) is 18.4. The number of rotatable bonds is 3. The van der Waals surface area contributed by atoms with Crippen LogP contribution < -0.4 is 5.73 Å². The molecule has 2 atom stereocenters. The molecule has 1 fully saturated rings. The lowest BCUT2D eigenvalue weighted by Gasteiger charge is -2.19. The Labute approximate surface area is 134 Å². The Morgan fingerprint density at radius 2 is 1.71 bits per heavy atom. The van der Waals surface area contributed by atoms with E-state index in [-0.39, 0.29) is 24.2 Å². The van der Waals surface area contributed by atoms with Crippen molar-refractivity contribution in [2.75, 3.05) is 0 Å². The van der Waals surface area contributed by atoms with Crippen molar-refractivity contribution in [2.24, 2.45) is 11.7 Å². The summed E-state index contributed by atoms with van der Waals surface area (Å²) in [4.78, 5) is 0. The fraction of sp³-hybridized carbons (Fsp3) is 0.455. The molecule has 2 rings (SSSR count). The van der Waals surface area contributed by atoms with Gasteiger partial charge in [0.15, 0.2) is 0 Å². The molecule has 6 heteroatoms. The highest BCUT2D eigenvalue weighted by atomic mass is 127. The number of hydrogen-bond acceptors (Lipinski definition) is 3. The number of aliphatic hydroxyl groups excluding tert-OH is 1. The molecular formula is C11H14ClI2NO2. The van der Waals surface area contributed by atoms with E-state index in [9.17, 15) is 10.2 Å². The van der Waals surface area contributed by atoms with Gasteiger partial charge in [-0.3, -0.25) is 0 Å². The Hall–Kier alpha value is 0.690. The Bertz CT molecular complexity index is 389. The number of aromatic hydroxyl groups is 1. The van der Waals surface area contributed by atoms with E-state index in [1.165, 1.54) is 0 Å². The molecule has 0 unspecified atom stereocenters. The zero-order chi connectivity index (χ0) is 11.9. The van der Waals surface area contributed by atoms with E-state index < -0.39 is 6.10 Å². The van der Waals surface area contributed by atoms with Crippen LogP contribution in [0.5, 0.6) is 5.75 Å². The number of phenols is 1. The minimum atomic E-state index is -0.462. The Morgan fingerprint density at radius 1 is 1.24 bits per heavy atom. The van der Waals surface area contributed by atoms with Crippen molar-refractivity contribution in [3.05, 3.63) is 24.8 Å². The minimum absolute atomic E-state index is 0. The van der Waals surface area contributed by atoms with Gasteiger partial charge in [0, 0.05) is 0 Å². The van der Waals surface area contributed by atoms with E-state index in [1.54, 1.807) is 0 Å². The molecule has 0 bridgehead atoms. The largest absolute Gasteiger partial charge is 0.506 e. The standard InChI is InChI=1S/C11H13I2NO2.ClH/c12-7-3-6(4-8(13)11(7)16)9(14)10(15)5-1-2-5;/h3-5,9-10,15-16H,1-2,14H2;1H/t9-,10+;/m0./s1. The predicted octanol–water partition coefficient (Wildman–Crippen LogP) is 2.79. The molecule has 0 amide bonds. The molecular weight excluding hydrogens is 467 g/mol. The summed E-state index contributed by atoms with van der Waals surface area (Å²) in [6.07, 6.45) is 1.68. The molecule has 0 saturated heterocycles. The summed E-state index contributed by atoms with van der Waals surface area (Å²) in [5.41, 5.74) is 6.92. The topological polar surface area (TPSA) is 66.5 Å². The predicted molar refractivity (Wildman–Crippen MR) is 86.4 cm³/mol. The van der Waals surface area contributed by atoms with E-state index in [2.05, 4.69) is 45.2 Å². The fourth-order valence-electron chi connectivity index (χ4n) is 1.71. The molecule has 0 aliphatic heterocycles. The molecule has 0 aromatic heterocycles. The monoisotopic (exact) mass is 481 g/mol. The maximum Gasteiger partial charge on any atom is 0.142 e. The molecule has 3 nitrogen and oxygen atoms in total. The second kappa shape index (κ2) is 6.23. The van der Waals surface area contributed by atoms with Crippen molar-refractivity contribution < 1.29 is 10.2 Å². The van der Waals surface area contributed by atoms with Crippen molar-refractivity contribution in [1.82, 2.24) is 0 Å². The van der Waals surface area contributed by atoms with E-state index in [0.29, 0.717) is 5.92 Å². The first kappa shape index (κ1) is 15.7. The van der Waals surface area contributed by atoms with Crippen LogP contribution in [0, 0.1) is 13.1 Å². The zero-order valence-electron chi connectivity index (χ0n) is 8.94. The third-order valence-corrected chi connectivity index (χ3v) is 4.54. The number of benzene rings is 1. The highest BCUT2D eigenvalue weighted by Crippen LogP contribution is 2.38. The van der Waals surface area contributed by atoms with Crippen LogP contribution in [0.2, 0.25) is 0 Å². The minimum Gasteiger partial charge on any atom is -0.506 e. The molecule has 1 aromatic carbocycles. The van der Waals surface area contributed by atoms with Crippen molar-refractivity contribution in [1.29, 1.82) is 0 Å². The van der Waals surface area contributed by atoms with Crippen molar-refractivity contribution >= 4 is 57.6 Å². The Kier molecular flexibility index (Phi) is 5.77. The maximum absolute atomic E-state index is 9.97. The quantitative estimate of drug-likeness (QED) is 0.582. The fourth-order valence-corrected chi connectivity index (χ4v) is 3.52. The Morgan fingerprint density at radius 3 is 2.12 bits per heavy atom. The van der Waals surface area contributed by atoms with E-state index in [0.717, 1.165) is 25.5 Å². The highest BCUT2D eigenvalue weighted by Gasteiger charge is 2.34. The first-order chi connectivity index (χ1) is 7.50. The van der Waals surface area contributed by atoms with Crippen LogP contribution in [-0.2, 0) is 0 Å². The van der Waals surface area contributed by atoms with Gasteiger partial charge in [0.1, 0.15) is 5.75 Å². The van der Waals surface area contributed by atoms with Crippen LogP contribution in [-0.4, -0.2) is 16.3 Å². The summed E-state index contributed by atoms with van der Waals surface area (Å²) in [5.74, 6) is 0.650. The third-order valence-electron chi connectivity index (χ3n) is 2.90. The number of nitrogens with two attached hydrogens (primary N) is 1. The molecule has 1 aliphatic rings. The highest BCUT2D eigenvalue weighted by molar-refractivity contribution is 14.1. The van der Waals surface area contributed by atoms with E-state index >= 15 is 0 Å². The Balaban J connectivity index is 0.00000144. The molecule has 4 N–H and O–H groups in total. The molecule has 0 spiro atoms. The molecule has 0 radical (unpaired) electrons. The molecule has 17 heavy (non-hydrogen) atoms. The average molecular weight is 481 g/mol. The number of hydrogen-bond donors (Lipinski definition) is 3. The van der Waals surface area contributed by atoms with E-state index in [4.69, 9.17) is 5.73 Å². The van der Waals surface area contributed by atoms with Gasteiger partial charge in [0.05, 0.1) is 19.3 Å². The smallest absolute Gasteiger partial charge is 0.142 e. The number of aliphatic hydroxyl groups is 1. The first-order valence-electron chi connectivity index (χ1n) is 5.12. The van der Waals surface area contributed by atoms with Gasteiger partial charge in [-0.1, -0.05) is 0 Å². The van der Waals surface area contributed by atoms with Gasteiger partial charge in [-0.25, -0.2) is 0 Å². The summed E-state index contributed by atoms with van der Waals surface area (Å²) in [5, 5.41) is 19.6. The lowest BCUT2D eigenvalue weighted by molar-refractivity contribution is 0.122. The molecule has 96 valence electrons. The van der Waals surface area contributed by atoms with Crippen molar-refractivity contribution in [2.45, 2.75) is 25.0 Å². The van der Waals surface area contributed by atoms with Gasteiger partial charge in [-0.2, -0.15) is 0 Å². The molecule has 0 heterocycles. The summed E-state index contributed by atoms with van der Waals surface area (Å²) in [6, 6.07) is 3.33. The van der Waals surface area contributed by atoms with Crippen LogP contribution >= 0.6 is 57.6 Å². The second-order valence-corrected chi connectivity index (χ2v) is 6.51. The number of halogens is 3. The van der Waals surface area contributed by atoms with Crippen LogP contribution in [0.25, 0.3) is 0 Å². The second-order valence-electron chi connectivity index (χ2n) is 4.19. The van der Waals surface area contributed by atoms with Crippen molar-refractivity contribution in [3.8, 4) is 5.75 Å². The average Bonchev–Trinajstić information content (AvgIpc) is 3.06. The summed E-state index contributed by atoms with van der Waals surface area (Å²) < 4.78 is 1.55. The lowest BCUT2D eigenvalue weighted by atomic mass is 9.99. The lowest BCUT2D eigenvalue weighted by Crippen LogP contribution is -2.28. The van der Waals surface area contributed by atoms with Crippen LogP contribution in [0.1, 0.15) is 24.4 Å². The zero-order valence-corrected chi connectivity index (χ0v) is 14.1. The van der Waals surface area contributed by atoms with Crippen LogP contribution in [0.3, 0.4) is 0 Å². The van der Waals surface area contributed by atoms with Gasteiger partial charge >= 0.3 is 0 Å². The molecule has 1 aliphatic carbocycles. The van der Waals surface area contributed by atoms with Crippen LogP contribution in [0.4, 0.5) is 0 Å². The van der Waals surface area contributed by atoms with Gasteiger partial charge in [-0.05, 0) is 81.6 Å². The molecule has 1 aromatic rings. The SMILES string of the molecule is Cl.N[C@@H](c1cc(I)c(O)c(I)c1)[C@H](O)C1CC1. The summed E-state index contributed by atoms with van der Waals surface area (Å²) in [7, 11) is 0. The summed E-state index contributed by atoms with van der Waals surface area (Å²) in [6.45, 7) is 0. The summed E-state index contributed by atoms with van der Waals surface area (Å²) >= 11 is 4.15. The third kappa shape index (κ3) is 3.59. The van der Waals surface area contributed by atoms with Gasteiger partial charge in [0.2, 0.25) is 0 Å². The van der Waals surface area contributed by atoms with Crippen LogP contribution in [0.15, 0.2) is 12.1 Å². The van der Waals surface area contributed by atoms with E-state index in [1.807, 2.05) is 12.1 Å². The maximum atomic E-state index is 9.97. The van der Waals surface area contributed by atoms with Crippen molar-refractivity contribution in [3.63, 3.8) is 0 Å².